The van der Waals surface area contributed by atoms with E-state index >= 15 is 0 Å². The van der Waals surface area contributed by atoms with E-state index in [1.807, 2.05) is 6.92 Å². The third-order valence-electron chi connectivity index (χ3n) is 2.80. The smallest absolute Gasteiger partial charge is 0.338 e. The number of ether oxygens (including phenoxy) is 3. The van der Waals surface area contributed by atoms with Crippen LogP contribution in [0.4, 0.5) is 11.9 Å². The maximum atomic E-state index is 12.2. The largest absolute Gasteiger partial charge is 0.492 e. The SMILES string of the molecule is CCOc1cc(C(=O)OCc2nc(N)nc(N)n2)cc(Br)c1OC. The lowest BCUT2D eigenvalue weighted by atomic mass is 10.2. The summed E-state index contributed by atoms with van der Waals surface area (Å²) in [4.78, 5) is 23.5. The summed E-state index contributed by atoms with van der Waals surface area (Å²) in [6.07, 6.45) is 0. The highest BCUT2D eigenvalue weighted by atomic mass is 79.9. The molecule has 4 N–H and O–H groups in total. The molecule has 0 atom stereocenters. The summed E-state index contributed by atoms with van der Waals surface area (Å²) in [7, 11) is 1.51. The van der Waals surface area contributed by atoms with Gasteiger partial charge in [0.15, 0.2) is 23.9 Å². The number of nitrogen functional groups attached to an aromatic ring is 2. The summed E-state index contributed by atoms with van der Waals surface area (Å²) in [6, 6.07) is 3.10. The van der Waals surface area contributed by atoms with Crippen LogP contribution in [0.1, 0.15) is 23.1 Å². The van der Waals surface area contributed by atoms with E-state index in [2.05, 4.69) is 30.9 Å². The predicted octanol–water partition coefficient (Wildman–Crippen LogP) is 1.56. The first-order valence-corrected chi connectivity index (χ1v) is 7.67. The molecule has 0 saturated carbocycles. The van der Waals surface area contributed by atoms with Crippen molar-refractivity contribution in [3.63, 3.8) is 0 Å². The Bertz CT molecular complexity index is 736. The highest BCUT2D eigenvalue weighted by molar-refractivity contribution is 9.10. The normalized spacial score (nSPS) is 10.3. The van der Waals surface area contributed by atoms with E-state index in [0.29, 0.717) is 22.6 Å². The van der Waals surface area contributed by atoms with Gasteiger partial charge < -0.3 is 25.7 Å². The minimum absolute atomic E-state index is 0.0422. The van der Waals surface area contributed by atoms with Crippen molar-refractivity contribution < 1.29 is 19.0 Å². The van der Waals surface area contributed by atoms with Gasteiger partial charge in [-0.05, 0) is 35.0 Å². The molecule has 0 aliphatic carbocycles. The van der Waals surface area contributed by atoms with Gasteiger partial charge in [0, 0.05) is 0 Å². The topological polar surface area (TPSA) is 135 Å². The Morgan fingerprint density at radius 3 is 2.46 bits per heavy atom. The van der Waals surface area contributed by atoms with Crippen LogP contribution in [0.3, 0.4) is 0 Å². The van der Waals surface area contributed by atoms with Crippen LogP contribution in [-0.2, 0) is 11.3 Å². The van der Waals surface area contributed by atoms with Crippen molar-refractivity contribution in [2.45, 2.75) is 13.5 Å². The molecule has 0 aliphatic rings. The number of aromatic nitrogens is 3. The summed E-state index contributed by atoms with van der Waals surface area (Å²) in [5.41, 5.74) is 11.2. The van der Waals surface area contributed by atoms with Crippen LogP contribution in [0, 0.1) is 0 Å². The van der Waals surface area contributed by atoms with Gasteiger partial charge in [0.05, 0.1) is 23.8 Å². The van der Waals surface area contributed by atoms with Gasteiger partial charge >= 0.3 is 5.97 Å². The maximum Gasteiger partial charge on any atom is 0.338 e. The lowest BCUT2D eigenvalue weighted by Crippen LogP contribution is -2.11. The second-order valence-electron chi connectivity index (χ2n) is 4.47. The van der Waals surface area contributed by atoms with E-state index in [-0.39, 0.29) is 29.9 Å². The zero-order valence-electron chi connectivity index (χ0n) is 13.1. The Hall–Kier alpha value is -2.62. The highest BCUT2D eigenvalue weighted by Gasteiger charge is 2.17. The molecule has 1 aromatic carbocycles. The Labute approximate surface area is 146 Å². The van der Waals surface area contributed by atoms with Crippen LogP contribution < -0.4 is 20.9 Å². The number of hydrogen-bond donors (Lipinski definition) is 2. The summed E-state index contributed by atoms with van der Waals surface area (Å²) >= 11 is 3.33. The minimum Gasteiger partial charge on any atom is -0.492 e. The average molecular weight is 398 g/mol. The number of carbonyl (C=O) groups is 1. The van der Waals surface area contributed by atoms with E-state index in [0.717, 1.165) is 0 Å². The highest BCUT2D eigenvalue weighted by Crippen LogP contribution is 2.36. The molecule has 0 spiro atoms. The van der Waals surface area contributed by atoms with Crippen molar-refractivity contribution in [3.8, 4) is 11.5 Å². The lowest BCUT2D eigenvalue weighted by Gasteiger charge is -2.13. The third kappa shape index (κ3) is 4.22. The van der Waals surface area contributed by atoms with Crippen LogP contribution in [0.5, 0.6) is 11.5 Å². The Morgan fingerprint density at radius 2 is 1.88 bits per heavy atom. The molecular formula is C14H16BrN5O4. The first-order chi connectivity index (χ1) is 11.4. The quantitative estimate of drug-likeness (QED) is 0.695. The monoisotopic (exact) mass is 397 g/mol. The maximum absolute atomic E-state index is 12.2. The minimum atomic E-state index is -0.586. The molecule has 128 valence electrons. The van der Waals surface area contributed by atoms with E-state index < -0.39 is 5.97 Å². The summed E-state index contributed by atoms with van der Waals surface area (Å²) < 4.78 is 16.4. The van der Waals surface area contributed by atoms with Crippen molar-refractivity contribution in [1.82, 2.24) is 15.0 Å². The Balaban J connectivity index is 2.17. The molecular weight excluding hydrogens is 382 g/mol. The summed E-state index contributed by atoms with van der Waals surface area (Å²) in [6.45, 7) is 2.06. The summed E-state index contributed by atoms with van der Waals surface area (Å²) in [5.74, 6) is 0.406. The fourth-order valence-corrected chi connectivity index (χ4v) is 2.49. The molecule has 2 rings (SSSR count). The average Bonchev–Trinajstić information content (AvgIpc) is 2.51. The number of nitrogens with zero attached hydrogens (tertiary/aromatic N) is 3. The number of rotatable bonds is 6. The van der Waals surface area contributed by atoms with Crippen molar-refractivity contribution in [1.29, 1.82) is 0 Å². The Morgan fingerprint density at radius 1 is 1.21 bits per heavy atom. The second kappa shape index (κ2) is 7.77. The second-order valence-corrected chi connectivity index (χ2v) is 5.32. The molecule has 24 heavy (non-hydrogen) atoms. The fraction of sp³-hybridized carbons (Fsp3) is 0.286. The van der Waals surface area contributed by atoms with E-state index in [4.69, 9.17) is 25.7 Å². The molecule has 0 aliphatic heterocycles. The molecule has 10 heteroatoms. The van der Waals surface area contributed by atoms with Gasteiger partial charge in [-0.3, -0.25) is 0 Å². The van der Waals surface area contributed by atoms with E-state index in [9.17, 15) is 4.79 Å². The first-order valence-electron chi connectivity index (χ1n) is 6.88. The Kier molecular flexibility index (Phi) is 5.74. The van der Waals surface area contributed by atoms with Gasteiger partial charge in [-0.2, -0.15) is 15.0 Å². The molecule has 2 aromatic rings. The van der Waals surface area contributed by atoms with Crippen molar-refractivity contribution in [2.24, 2.45) is 0 Å². The molecule has 0 bridgehead atoms. The van der Waals surface area contributed by atoms with Gasteiger partial charge in [-0.25, -0.2) is 4.79 Å². The first kappa shape index (κ1) is 17.7. The zero-order chi connectivity index (χ0) is 17.7. The predicted molar refractivity (Wildman–Crippen MR) is 89.6 cm³/mol. The standard InChI is InChI=1S/C14H16BrN5O4/c1-3-23-9-5-7(4-8(15)11(9)22-2)12(21)24-6-10-18-13(16)20-14(17)19-10/h4-5H,3,6H2,1-2H3,(H4,16,17,18,19,20). The lowest BCUT2D eigenvalue weighted by molar-refractivity contribution is 0.0461. The van der Waals surface area contributed by atoms with Crippen LogP contribution in [0.25, 0.3) is 0 Å². The number of anilines is 2. The summed E-state index contributed by atoms with van der Waals surface area (Å²) in [5, 5.41) is 0. The number of hydrogen-bond acceptors (Lipinski definition) is 9. The van der Waals surface area contributed by atoms with Crippen LogP contribution in [0.15, 0.2) is 16.6 Å². The van der Waals surface area contributed by atoms with Gasteiger partial charge in [-0.1, -0.05) is 0 Å². The van der Waals surface area contributed by atoms with Crippen molar-refractivity contribution in [2.75, 3.05) is 25.2 Å². The fourth-order valence-electron chi connectivity index (χ4n) is 1.88. The number of halogens is 1. The number of benzene rings is 1. The molecule has 0 unspecified atom stereocenters. The molecule has 1 aromatic heterocycles. The van der Waals surface area contributed by atoms with E-state index in [1.165, 1.54) is 13.2 Å². The van der Waals surface area contributed by atoms with Crippen LogP contribution in [0.2, 0.25) is 0 Å². The molecule has 0 radical (unpaired) electrons. The number of methoxy groups -OCH3 is 1. The zero-order valence-corrected chi connectivity index (χ0v) is 14.7. The molecule has 0 fully saturated rings. The number of esters is 1. The molecule has 0 saturated heterocycles. The van der Waals surface area contributed by atoms with Crippen LogP contribution >= 0.6 is 15.9 Å². The third-order valence-corrected chi connectivity index (χ3v) is 3.39. The van der Waals surface area contributed by atoms with E-state index in [1.54, 1.807) is 6.07 Å². The van der Waals surface area contributed by atoms with Crippen molar-refractivity contribution >= 4 is 33.8 Å². The van der Waals surface area contributed by atoms with Crippen LogP contribution in [-0.4, -0.2) is 34.6 Å². The molecule has 0 amide bonds. The van der Waals surface area contributed by atoms with Gasteiger partial charge in [0.1, 0.15) is 0 Å². The van der Waals surface area contributed by atoms with Gasteiger partial charge in [0.25, 0.3) is 0 Å². The number of carbonyl (C=O) groups excluding carboxylic acids is 1. The molecule has 1 heterocycles. The molecule has 9 nitrogen and oxygen atoms in total. The van der Waals surface area contributed by atoms with Crippen molar-refractivity contribution in [3.05, 3.63) is 28.0 Å². The van der Waals surface area contributed by atoms with Gasteiger partial charge in [0.2, 0.25) is 11.9 Å². The number of nitrogens with two attached hydrogens (primary N) is 2. The van der Waals surface area contributed by atoms with Gasteiger partial charge in [-0.15, -0.1) is 0 Å².